The van der Waals surface area contributed by atoms with Gasteiger partial charge < -0.3 is 20.3 Å². The van der Waals surface area contributed by atoms with Gasteiger partial charge in [0.05, 0.1) is 23.4 Å². The molecule has 1 aromatic carbocycles. The summed E-state index contributed by atoms with van der Waals surface area (Å²) in [6.45, 7) is 8.33. The molecule has 0 atom stereocenters. The molecular weight excluding hydrogens is 605 g/mol. The van der Waals surface area contributed by atoms with E-state index >= 15 is 0 Å². The summed E-state index contributed by atoms with van der Waals surface area (Å²) in [5.41, 5.74) is 2.11. The molecule has 0 aliphatic carbocycles. The summed E-state index contributed by atoms with van der Waals surface area (Å²) in [7, 11) is 0. The molecule has 0 saturated carbocycles. The number of hydrogen-bond donors (Lipinski definition) is 3. The van der Waals surface area contributed by atoms with E-state index in [-0.39, 0.29) is 28.6 Å². The zero-order valence-electron chi connectivity index (χ0n) is 24.5. The fraction of sp³-hybridized carbons (Fsp3) is 0.419. The number of benzene rings is 1. The van der Waals surface area contributed by atoms with Crippen molar-refractivity contribution < 1.29 is 23.1 Å². The highest BCUT2D eigenvalue weighted by atomic mass is 32.1. The van der Waals surface area contributed by atoms with Crippen LogP contribution >= 0.6 is 11.3 Å². The number of halogens is 3. The Morgan fingerprint density at radius 3 is 2.62 bits per heavy atom. The van der Waals surface area contributed by atoms with Crippen LogP contribution in [0.15, 0.2) is 43.2 Å². The molecule has 5 heterocycles. The maximum Gasteiger partial charge on any atom is 0.393 e. The van der Waals surface area contributed by atoms with Gasteiger partial charge in [0.1, 0.15) is 34.5 Å². The molecule has 45 heavy (non-hydrogen) atoms. The van der Waals surface area contributed by atoms with E-state index in [0.717, 1.165) is 66.8 Å². The van der Waals surface area contributed by atoms with Gasteiger partial charge in [-0.05, 0) is 37.1 Å². The van der Waals surface area contributed by atoms with Gasteiger partial charge >= 0.3 is 6.18 Å². The van der Waals surface area contributed by atoms with Gasteiger partial charge in [-0.25, -0.2) is 9.97 Å². The van der Waals surface area contributed by atoms with Crippen LogP contribution in [0.5, 0.6) is 5.75 Å². The fourth-order valence-corrected chi connectivity index (χ4v) is 7.15. The molecule has 2 aliphatic heterocycles. The van der Waals surface area contributed by atoms with Gasteiger partial charge in [0.25, 0.3) is 0 Å². The third-order valence-corrected chi connectivity index (χ3v) is 9.47. The number of fused-ring (bicyclic) bond motifs is 2. The highest BCUT2D eigenvalue weighted by Crippen LogP contribution is 2.34. The van der Waals surface area contributed by atoms with E-state index in [1.807, 2.05) is 16.7 Å². The summed E-state index contributed by atoms with van der Waals surface area (Å²) in [6.07, 6.45) is -1.01. The molecule has 3 N–H and O–H groups in total. The average molecular weight is 639 g/mol. The normalized spacial score (nSPS) is 16.9. The molecule has 1 amide bonds. The van der Waals surface area contributed by atoms with Crippen molar-refractivity contribution in [1.82, 2.24) is 29.7 Å². The predicted molar refractivity (Wildman–Crippen MR) is 166 cm³/mol. The fourth-order valence-electron chi connectivity index (χ4n) is 6.13. The third kappa shape index (κ3) is 7.06. The molecular formula is C31H33F3N8O2S. The van der Waals surface area contributed by atoms with Crippen molar-refractivity contribution in [2.45, 2.75) is 50.6 Å². The van der Waals surface area contributed by atoms with Crippen LogP contribution in [0.3, 0.4) is 0 Å². The first-order valence-electron chi connectivity index (χ1n) is 14.8. The number of amides is 1. The van der Waals surface area contributed by atoms with Crippen molar-refractivity contribution in [2.75, 3.05) is 38.0 Å². The number of hydrogen-bond acceptors (Lipinski definition) is 9. The van der Waals surface area contributed by atoms with Crippen LogP contribution in [0.4, 0.5) is 19.0 Å². The lowest BCUT2D eigenvalue weighted by Gasteiger charge is -2.39. The summed E-state index contributed by atoms with van der Waals surface area (Å²) in [5, 5.41) is 28.6. The molecule has 2 saturated heterocycles. The van der Waals surface area contributed by atoms with Gasteiger partial charge in [0, 0.05) is 73.7 Å². The number of rotatable bonds is 10. The number of thiophene rings is 1. The van der Waals surface area contributed by atoms with E-state index in [4.69, 9.17) is 0 Å². The van der Waals surface area contributed by atoms with Crippen molar-refractivity contribution in [3.8, 4) is 11.8 Å². The van der Waals surface area contributed by atoms with Crippen molar-refractivity contribution in [3.05, 3.63) is 59.4 Å². The lowest BCUT2D eigenvalue weighted by molar-refractivity contribution is -0.126. The molecule has 6 rings (SSSR count). The van der Waals surface area contributed by atoms with Crippen LogP contribution in [-0.2, 0) is 24.3 Å². The van der Waals surface area contributed by atoms with E-state index in [0.29, 0.717) is 41.4 Å². The Morgan fingerprint density at radius 1 is 1.13 bits per heavy atom. The first-order valence-corrected chi connectivity index (χ1v) is 15.6. The number of likely N-dealkylation sites (tertiary alicyclic amines) is 2. The largest absolute Gasteiger partial charge is 0.508 e. The summed E-state index contributed by atoms with van der Waals surface area (Å²) < 4.78 is 40.6. The molecule has 236 valence electrons. The van der Waals surface area contributed by atoms with Crippen LogP contribution < -0.4 is 10.6 Å². The molecule has 3 aromatic heterocycles. The van der Waals surface area contributed by atoms with E-state index in [1.54, 1.807) is 6.07 Å². The van der Waals surface area contributed by atoms with E-state index in [9.17, 15) is 28.3 Å². The second kappa shape index (κ2) is 12.7. The number of nitrogens with zero attached hydrogens (tertiary/aromatic N) is 6. The van der Waals surface area contributed by atoms with E-state index in [1.165, 1.54) is 18.5 Å². The minimum absolute atomic E-state index is 0.101. The highest BCUT2D eigenvalue weighted by molar-refractivity contribution is 7.18. The zero-order chi connectivity index (χ0) is 31.7. The lowest BCUT2D eigenvalue weighted by Crippen LogP contribution is -2.59. The van der Waals surface area contributed by atoms with Crippen LogP contribution in [0, 0.1) is 11.3 Å². The van der Waals surface area contributed by atoms with Crippen LogP contribution in [0.1, 0.15) is 29.0 Å². The zero-order valence-corrected chi connectivity index (χ0v) is 25.3. The first kappa shape index (κ1) is 30.8. The number of piperidine rings is 1. The van der Waals surface area contributed by atoms with Gasteiger partial charge in [-0.15, -0.1) is 11.3 Å². The average Bonchev–Trinajstić information content (AvgIpc) is 3.54. The number of phenols is 1. The molecule has 10 nitrogen and oxygen atoms in total. The summed E-state index contributed by atoms with van der Waals surface area (Å²) in [4.78, 5) is 25.2. The Labute approximate surface area is 261 Å². The standard InChI is InChI=1S/C31H33F3N8O2S/c1-2-28(44)38-22-16-41(17-22)7-8-42-23(14-35)10-19-9-20(27(43)12-26(19)42)15-40-5-3-21(4-6-40)39-29-25-11-24(13-31(32,33)34)45-30(25)37-18-36-29/h2,9-12,18,21-22,43H,1,3-8,13,15-17H2,(H,38,44)(H,36,37,39). The van der Waals surface area contributed by atoms with Crippen molar-refractivity contribution in [2.24, 2.45) is 0 Å². The number of carbonyl (C=O) groups excluding carboxylic acids is 1. The Bertz CT molecular complexity index is 1760. The van der Waals surface area contributed by atoms with Crippen molar-refractivity contribution >= 4 is 44.2 Å². The number of carbonyl (C=O) groups is 1. The van der Waals surface area contributed by atoms with Crippen molar-refractivity contribution in [1.29, 1.82) is 5.26 Å². The molecule has 2 aliphatic rings. The maximum absolute atomic E-state index is 12.9. The smallest absolute Gasteiger partial charge is 0.393 e. The second-order valence-corrected chi connectivity index (χ2v) is 12.8. The van der Waals surface area contributed by atoms with Crippen molar-refractivity contribution in [3.63, 3.8) is 0 Å². The number of aromatic hydroxyl groups is 1. The van der Waals surface area contributed by atoms with Crippen LogP contribution in [0.25, 0.3) is 21.1 Å². The number of nitriles is 1. The van der Waals surface area contributed by atoms with Crippen LogP contribution in [0.2, 0.25) is 0 Å². The molecule has 0 bridgehead atoms. The topological polar surface area (TPSA) is 122 Å². The monoisotopic (exact) mass is 638 g/mol. The van der Waals surface area contributed by atoms with Crippen LogP contribution in [-0.4, -0.2) is 86.3 Å². The highest BCUT2D eigenvalue weighted by Gasteiger charge is 2.30. The Kier molecular flexibility index (Phi) is 8.67. The second-order valence-electron chi connectivity index (χ2n) is 11.6. The number of alkyl halides is 3. The molecule has 0 radical (unpaired) electrons. The minimum Gasteiger partial charge on any atom is -0.508 e. The van der Waals surface area contributed by atoms with Gasteiger partial charge in [-0.3, -0.25) is 14.6 Å². The Hall–Kier alpha value is -4.19. The summed E-state index contributed by atoms with van der Waals surface area (Å²) in [6, 6.07) is 9.54. The summed E-state index contributed by atoms with van der Waals surface area (Å²) in [5.74, 6) is 0.553. The quantitative estimate of drug-likeness (QED) is 0.219. The molecule has 4 aromatic rings. The number of aromatic nitrogens is 3. The number of phenolic OH excluding ortho intramolecular Hbond substituents is 1. The Balaban J connectivity index is 1.05. The van der Waals surface area contributed by atoms with E-state index < -0.39 is 12.6 Å². The molecule has 0 spiro atoms. The SMILES string of the molecule is C=CC(=O)NC1CN(CCn2c(C#N)cc3cc(CN4CCC(Nc5ncnc6sc(CC(F)(F)F)cc56)CC4)c(O)cc32)C1. The van der Waals surface area contributed by atoms with Gasteiger partial charge in [0.2, 0.25) is 5.91 Å². The number of anilines is 1. The van der Waals surface area contributed by atoms with Gasteiger partial charge in [0.15, 0.2) is 0 Å². The lowest BCUT2D eigenvalue weighted by atomic mass is 10.0. The molecule has 0 unspecified atom stereocenters. The maximum atomic E-state index is 12.9. The third-order valence-electron chi connectivity index (χ3n) is 8.42. The van der Waals surface area contributed by atoms with E-state index in [2.05, 4.69) is 43.0 Å². The Morgan fingerprint density at radius 2 is 1.91 bits per heavy atom. The first-order chi connectivity index (χ1) is 21.6. The molecule has 2 fully saturated rings. The molecule has 14 heteroatoms. The predicted octanol–water partition coefficient (Wildman–Crippen LogP) is 4.39. The van der Waals surface area contributed by atoms with Gasteiger partial charge in [-0.2, -0.15) is 18.4 Å². The number of nitrogens with one attached hydrogen (secondary N) is 2. The summed E-state index contributed by atoms with van der Waals surface area (Å²) >= 11 is 1.04. The minimum atomic E-state index is -4.28. The van der Waals surface area contributed by atoms with Gasteiger partial charge in [-0.1, -0.05) is 6.58 Å².